The number of likely N-dealkylation sites (N-methyl/N-ethyl adjacent to an activating group) is 1. The van der Waals surface area contributed by atoms with Gasteiger partial charge in [-0.3, -0.25) is 4.90 Å². The van der Waals surface area contributed by atoms with Gasteiger partial charge in [0, 0.05) is 39.3 Å². The van der Waals surface area contributed by atoms with Gasteiger partial charge in [-0.1, -0.05) is 42.5 Å². The maximum Gasteiger partial charge on any atom is 0.407 e. The first-order valence-corrected chi connectivity index (χ1v) is 9.78. The predicted molar refractivity (Wildman–Crippen MR) is 111 cm³/mol. The van der Waals surface area contributed by atoms with E-state index < -0.39 is 6.09 Å². The Bertz CT molecular complexity index is 761. The summed E-state index contributed by atoms with van der Waals surface area (Å²) in [5.41, 5.74) is 2.16. The van der Waals surface area contributed by atoms with Crippen LogP contribution in [0.1, 0.15) is 18.5 Å². The van der Waals surface area contributed by atoms with Crippen LogP contribution in [0.4, 0.5) is 10.5 Å². The molecule has 0 spiro atoms. The number of carbonyl (C=O) groups is 1. The Balaban J connectivity index is 1.69. The second kappa shape index (κ2) is 9.46. The Morgan fingerprint density at radius 3 is 2.32 bits per heavy atom. The topological polar surface area (TPSA) is 56.3 Å². The van der Waals surface area contributed by atoms with Gasteiger partial charge in [0.25, 0.3) is 0 Å². The molecule has 150 valence electrons. The molecule has 0 radical (unpaired) electrons. The van der Waals surface area contributed by atoms with Gasteiger partial charge in [-0.25, -0.2) is 4.79 Å². The molecule has 0 aliphatic carbocycles. The maximum absolute atomic E-state index is 11.8. The van der Waals surface area contributed by atoms with Crippen LogP contribution >= 0.6 is 0 Å². The molecule has 6 heteroatoms. The maximum atomic E-state index is 11.8. The number of piperazine rings is 1. The number of amides is 1. The van der Waals surface area contributed by atoms with Gasteiger partial charge in [-0.15, -0.1) is 0 Å². The van der Waals surface area contributed by atoms with E-state index in [4.69, 9.17) is 4.74 Å². The molecule has 3 rings (SSSR count). The Hall–Kier alpha value is -2.73. The van der Waals surface area contributed by atoms with Crippen molar-refractivity contribution >= 4 is 11.8 Å². The van der Waals surface area contributed by atoms with Gasteiger partial charge >= 0.3 is 6.09 Å². The van der Waals surface area contributed by atoms with E-state index in [-0.39, 0.29) is 6.04 Å². The molecule has 1 N–H and O–H groups in total. The SMILES string of the molecule is CCN(C(=O)O)C(CN1CCN(c2ccccc2OC)CC1)c1ccccc1. The minimum Gasteiger partial charge on any atom is -0.495 e. The van der Waals surface area contributed by atoms with E-state index in [0.717, 1.165) is 43.2 Å². The lowest BCUT2D eigenvalue weighted by Crippen LogP contribution is -2.50. The molecule has 1 aliphatic rings. The number of hydrogen-bond acceptors (Lipinski definition) is 4. The third kappa shape index (κ3) is 4.57. The van der Waals surface area contributed by atoms with E-state index in [2.05, 4.69) is 15.9 Å². The number of benzene rings is 2. The van der Waals surface area contributed by atoms with Crippen molar-refractivity contribution in [2.75, 3.05) is 51.3 Å². The molecule has 0 saturated carbocycles. The number of hydrogen-bond donors (Lipinski definition) is 1. The lowest BCUT2D eigenvalue weighted by molar-refractivity contribution is 0.107. The molecule has 1 fully saturated rings. The van der Waals surface area contributed by atoms with E-state index in [1.54, 1.807) is 7.11 Å². The number of nitrogens with zero attached hydrogens (tertiary/aromatic N) is 3. The van der Waals surface area contributed by atoms with Crippen molar-refractivity contribution in [3.8, 4) is 5.75 Å². The lowest BCUT2D eigenvalue weighted by atomic mass is 10.0. The predicted octanol–water partition coefficient (Wildman–Crippen LogP) is 3.56. The Labute approximate surface area is 166 Å². The molecule has 2 aromatic rings. The zero-order valence-corrected chi connectivity index (χ0v) is 16.6. The number of methoxy groups -OCH3 is 1. The molecule has 28 heavy (non-hydrogen) atoms. The third-order valence-electron chi connectivity index (χ3n) is 5.38. The van der Waals surface area contributed by atoms with Gasteiger partial charge < -0.3 is 19.6 Å². The summed E-state index contributed by atoms with van der Waals surface area (Å²) in [5.74, 6) is 0.890. The van der Waals surface area contributed by atoms with E-state index in [9.17, 15) is 9.90 Å². The summed E-state index contributed by atoms with van der Waals surface area (Å²) in [6.45, 7) is 6.61. The molecule has 6 nitrogen and oxygen atoms in total. The largest absolute Gasteiger partial charge is 0.495 e. The van der Waals surface area contributed by atoms with Crippen molar-refractivity contribution in [3.05, 3.63) is 60.2 Å². The summed E-state index contributed by atoms with van der Waals surface area (Å²) in [5, 5.41) is 9.67. The number of ether oxygens (including phenoxy) is 1. The molecule has 1 atom stereocenters. The lowest BCUT2D eigenvalue weighted by Gasteiger charge is -2.39. The van der Waals surface area contributed by atoms with E-state index >= 15 is 0 Å². The highest BCUT2D eigenvalue weighted by Crippen LogP contribution is 2.29. The summed E-state index contributed by atoms with van der Waals surface area (Å²) >= 11 is 0. The quantitative estimate of drug-likeness (QED) is 0.792. The average molecular weight is 383 g/mol. The minimum absolute atomic E-state index is 0.165. The van der Waals surface area contributed by atoms with Gasteiger partial charge in [0.15, 0.2) is 0 Å². The number of para-hydroxylation sites is 2. The van der Waals surface area contributed by atoms with Gasteiger partial charge in [0.1, 0.15) is 5.75 Å². The van der Waals surface area contributed by atoms with Crippen molar-refractivity contribution in [2.45, 2.75) is 13.0 Å². The molecule has 1 heterocycles. The van der Waals surface area contributed by atoms with E-state index in [1.807, 2.05) is 55.5 Å². The van der Waals surface area contributed by atoms with Crippen molar-refractivity contribution in [3.63, 3.8) is 0 Å². The smallest absolute Gasteiger partial charge is 0.407 e. The summed E-state index contributed by atoms with van der Waals surface area (Å²) in [6, 6.07) is 17.8. The number of carboxylic acid groups (broad SMARTS) is 1. The first-order valence-electron chi connectivity index (χ1n) is 9.78. The van der Waals surface area contributed by atoms with Gasteiger partial charge in [-0.05, 0) is 24.6 Å². The Morgan fingerprint density at radius 2 is 1.71 bits per heavy atom. The van der Waals surface area contributed by atoms with Gasteiger partial charge in [0.2, 0.25) is 0 Å². The highest BCUT2D eigenvalue weighted by Gasteiger charge is 2.28. The number of anilines is 1. The molecule has 1 amide bonds. The van der Waals surface area contributed by atoms with Crippen LogP contribution in [0.5, 0.6) is 5.75 Å². The van der Waals surface area contributed by atoms with Gasteiger partial charge in [0.05, 0.1) is 18.8 Å². The van der Waals surface area contributed by atoms with Crippen molar-refractivity contribution in [2.24, 2.45) is 0 Å². The summed E-state index contributed by atoms with van der Waals surface area (Å²) in [6.07, 6.45) is -0.871. The van der Waals surface area contributed by atoms with Crippen LogP contribution in [-0.2, 0) is 0 Å². The zero-order valence-electron chi connectivity index (χ0n) is 16.6. The van der Waals surface area contributed by atoms with Crippen LogP contribution in [0.2, 0.25) is 0 Å². The molecule has 1 saturated heterocycles. The normalized spacial score (nSPS) is 15.9. The zero-order chi connectivity index (χ0) is 19.9. The highest BCUT2D eigenvalue weighted by molar-refractivity contribution is 5.65. The highest BCUT2D eigenvalue weighted by atomic mass is 16.5. The second-order valence-electron chi connectivity index (χ2n) is 6.95. The van der Waals surface area contributed by atoms with Crippen LogP contribution in [0, 0.1) is 0 Å². The van der Waals surface area contributed by atoms with Crippen LogP contribution in [-0.4, -0.2) is 67.4 Å². The third-order valence-corrected chi connectivity index (χ3v) is 5.38. The summed E-state index contributed by atoms with van der Waals surface area (Å²) in [7, 11) is 1.70. The van der Waals surface area contributed by atoms with E-state index in [0.29, 0.717) is 13.1 Å². The average Bonchev–Trinajstić information content (AvgIpc) is 2.74. The fourth-order valence-corrected chi connectivity index (χ4v) is 3.86. The fraction of sp³-hybridized carbons (Fsp3) is 0.409. The summed E-state index contributed by atoms with van der Waals surface area (Å²) < 4.78 is 5.49. The van der Waals surface area contributed by atoms with Crippen LogP contribution in [0.3, 0.4) is 0 Å². The first kappa shape index (κ1) is 20.0. The molecule has 1 aliphatic heterocycles. The van der Waals surface area contributed by atoms with Crippen molar-refractivity contribution in [1.82, 2.24) is 9.80 Å². The molecule has 2 aromatic carbocycles. The second-order valence-corrected chi connectivity index (χ2v) is 6.95. The van der Waals surface area contributed by atoms with Crippen molar-refractivity contribution < 1.29 is 14.6 Å². The van der Waals surface area contributed by atoms with E-state index in [1.165, 1.54) is 4.90 Å². The monoisotopic (exact) mass is 383 g/mol. The summed E-state index contributed by atoms with van der Waals surface area (Å²) in [4.78, 5) is 18.0. The molecular weight excluding hydrogens is 354 g/mol. The molecular formula is C22H29N3O3. The fourth-order valence-electron chi connectivity index (χ4n) is 3.86. The standard InChI is InChI=1S/C22H29N3O3/c1-3-25(22(26)27)20(18-9-5-4-6-10-18)17-23-13-15-24(16-14-23)19-11-7-8-12-21(19)28-2/h4-12,20H,3,13-17H2,1-2H3,(H,26,27). The minimum atomic E-state index is -0.871. The Kier molecular flexibility index (Phi) is 6.76. The van der Waals surface area contributed by atoms with Crippen LogP contribution in [0.15, 0.2) is 54.6 Å². The Morgan fingerprint density at radius 1 is 1.07 bits per heavy atom. The number of rotatable bonds is 7. The molecule has 1 unspecified atom stereocenters. The van der Waals surface area contributed by atoms with Crippen LogP contribution in [0.25, 0.3) is 0 Å². The first-order chi connectivity index (χ1) is 13.6. The van der Waals surface area contributed by atoms with Crippen LogP contribution < -0.4 is 9.64 Å². The van der Waals surface area contributed by atoms with Gasteiger partial charge in [-0.2, -0.15) is 0 Å². The van der Waals surface area contributed by atoms with Crippen molar-refractivity contribution in [1.29, 1.82) is 0 Å². The molecule has 0 bridgehead atoms. The molecule has 0 aromatic heterocycles.